The van der Waals surface area contributed by atoms with Gasteiger partial charge in [0.1, 0.15) is 0 Å². The molecule has 5 aliphatic rings. The fourth-order valence-corrected chi connectivity index (χ4v) is 7.32. The summed E-state index contributed by atoms with van der Waals surface area (Å²) in [6.45, 7) is 3.45. The maximum atomic E-state index is 12.1. The Labute approximate surface area is 151 Å². The summed E-state index contributed by atoms with van der Waals surface area (Å²) in [5, 5.41) is 0. The molecule has 2 N–H and O–H groups in total. The predicted octanol–water partition coefficient (Wildman–Crippen LogP) is 4.35. The number of ether oxygens (including phenoxy) is 1. The zero-order chi connectivity index (χ0) is 17.2. The Balaban J connectivity index is 1.43. The molecular formula is C22H33NO2. The van der Waals surface area contributed by atoms with Crippen LogP contribution in [-0.4, -0.2) is 18.5 Å². The molecule has 5 rings (SSSR count). The zero-order valence-corrected chi connectivity index (χ0v) is 15.7. The summed E-state index contributed by atoms with van der Waals surface area (Å²) in [7, 11) is 0. The van der Waals surface area contributed by atoms with E-state index in [2.05, 4.69) is 6.92 Å². The van der Waals surface area contributed by atoms with E-state index in [4.69, 9.17) is 10.5 Å². The van der Waals surface area contributed by atoms with Gasteiger partial charge in [0, 0.05) is 6.42 Å². The summed E-state index contributed by atoms with van der Waals surface area (Å²) < 4.78 is 6.27. The lowest BCUT2D eigenvalue weighted by molar-refractivity contribution is -0.119. The summed E-state index contributed by atoms with van der Waals surface area (Å²) in [6, 6.07) is 0. The van der Waals surface area contributed by atoms with Gasteiger partial charge in [0.2, 0.25) is 0 Å². The Morgan fingerprint density at radius 2 is 1.88 bits per heavy atom. The van der Waals surface area contributed by atoms with E-state index in [1.54, 1.807) is 0 Å². The quantitative estimate of drug-likeness (QED) is 0.828. The van der Waals surface area contributed by atoms with Crippen LogP contribution in [0.5, 0.6) is 0 Å². The molecular weight excluding hydrogens is 310 g/mol. The molecule has 4 fully saturated rings. The molecule has 0 heterocycles. The van der Waals surface area contributed by atoms with Crippen LogP contribution in [0.4, 0.5) is 0 Å². The number of rotatable bonds is 3. The number of ketones is 1. The van der Waals surface area contributed by atoms with E-state index in [0.717, 1.165) is 37.2 Å². The number of carbonyl (C=O) groups is 1. The summed E-state index contributed by atoms with van der Waals surface area (Å²) in [5.74, 6) is 2.62. The van der Waals surface area contributed by atoms with E-state index in [0.29, 0.717) is 23.6 Å². The predicted molar refractivity (Wildman–Crippen MR) is 97.8 cm³/mol. The highest BCUT2D eigenvalue weighted by molar-refractivity contribution is 5.96. The Kier molecular flexibility index (Phi) is 3.65. The van der Waals surface area contributed by atoms with Crippen LogP contribution >= 0.6 is 0 Å². The van der Waals surface area contributed by atoms with E-state index in [1.807, 2.05) is 0 Å². The van der Waals surface area contributed by atoms with Crippen molar-refractivity contribution in [1.82, 2.24) is 0 Å². The maximum absolute atomic E-state index is 12.1. The molecule has 3 nitrogen and oxygen atoms in total. The molecule has 5 atom stereocenters. The van der Waals surface area contributed by atoms with Crippen molar-refractivity contribution in [3.8, 4) is 0 Å². The van der Waals surface area contributed by atoms with Crippen LogP contribution in [0.3, 0.4) is 0 Å². The van der Waals surface area contributed by atoms with E-state index < -0.39 is 0 Å². The first-order valence-electron chi connectivity index (χ1n) is 10.7. The summed E-state index contributed by atoms with van der Waals surface area (Å²) in [4.78, 5) is 12.1. The number of Topliss-reactive ketones (excluding diaryl/α,β-unsaturated/α-hetero) is 1. The van der Waals surface area contributed by atoms with Crippen LogP contribution in [-0.2, 0) is 9.53 Å². The molecule has 0 aromatic carbocycles. The van der Waals surface area contributed by atoms with Crippen molar-refractivity contribution in [3.63, 3.8) is 0 Å². The van der Waals surface area contributed by atoms with Gasteiger partial charge in [-0.1, -0.05) is 13.3 Å². The van der Waals surface area contributed by atoms with Crippen molar-refractivity contribution in [2.45, 2.75) is 83.7 Å². The molecule has 0 aromatic rings. The van der Waals surface area contributed by atoms with Gasteiger partial charge in [0.05, 0.1) is 18.4 Å². The summed E-state index contributed by atoms with van der Waals surface area (Å²) in [6.07, 6.45) is 14.0. The average molecular weight is 344 g/mol. The van der Waals surface area contributed by atoms with Crippen LogP contribution in [0.25, 0.3) is 0 Å². The van der Waals surface area contributed by atoms with E-state index in [1.165, 1.54) is 56.9 Å². The standard InChI is InChI=1S/C22H33NO2/c1-21-11-9-19(24)20(23)18(21)7-6-15-16(21)8-12-22(10-2-3-17(15)22)13-25-14-4-5-14/h14-17H,2-13,23H2,1H3/t15-,16+,17+,21-,22+/m1/s1. The Morgan fingerprint density at radius 3 is 2.68 bits per heavy atom. The van der Waals surface area contributed by atoms with Gasteiger partial charge >= 0.3 is 0 Å². The number of carbonyl (C=O) groups excluding carboxylic acids is 1. The second-order valence-corrected chi connectivity index (χ2v) is 9.95. The van der Waals surface area contributed by atoms with Crippen molar-refractivity contribution in [3.05, 3.63) is 11.3 Å². The molecule has 0 radical (unpaired) electrons. The number of allylic oxidation sites excluding steroid dienone is 1. The van der Waals surface area contributed by atoms with E-state index in [9.17, 15) is 4.79 Å². The lowest BCUT2D eigenvalue weighted by Gasteiger charge is -2.58. The average Bonchev–Trinajstić information content (AvgIpc) is 3.34. The first kappa shape index (κ1) is 16.4. The fraction of sp³-hybridized carbons (Fsp3) is 0.864. The van der Waals surface area contributed by atoms with Crippen LogP contribution in [0.2, 0.25) is 0 Å². The third-order valence-corrected chi connectivity index (χ3v) is 8.83. The van der Waals surface area contributed by atoms with Crippen LogP contribution < -0.4 is 5.73 Å². The molecule has 0 amide bonds. The van der Waals surface area contributed by atoms with Gasteiger partial charge in [-0.3, -0.25) is 4.79 Å². The number of fused-ring (bicyclic) bond motifs is 5. The number of nitrogens with two attached hydrogens (primary N) is 1. The minimum Gasteiger partial charge on any atom is -0.396 e. The Morgan fingerprint density at radius 1 is 1.04 bits per heavy atom. The zero-order valence-electron chi connectivity index (χ0n) is 15.7. The van der Waals surface area contributed by atoms with Crippen molar-refractivity contribution in [2.75, 3.05) is 6.61 Å². The number of hydrogen-bond donors (Lipinski definition) is 1. The molecule has 0 aliphatic heterocycles. The fourth-order valence-electron chi connectivity index (χ4n) is 7.32. The van der Waals surface area contributed by atoms with Gasteiger partial charge in [-0.05, 0) is 91.9 Å². The molecule has 25 heavy (non-hydrogen) atoms. The normalized spacial score (nSPS) is 46.6. The van der Waals surface area contributed by atoms with Crippen molar-refractivity contribution >= 4 is 5.78 Å². The summed E-state index contributed by atoms with van der Waals surface area (Å²) >= 11 is 0. The van der Waals surface area contributed by atoms with Gasteiger partial charge in [-0.25, -0.2) is 0 Å². The Bertz CT molecular complexity index is 622. The highest BCUT2D eigenvalue weighted by Gasteiger charge is 2.58. The first-order chi connectivity index (χ1) is 12.0. The molecule has 5 aliphatic carbocycles. The molecule has 4 saturated carbocycles. The molecule has 0 aromatic heterocycles. The third-order valence-electron chi connectivity index (χ3n) is 8.83. The highest BCUT2D eigenvalue weighted by atomic mass is 16.5. The molecule has 0 bridgehead atoms. The topological polar surface area (TPSA) is 52.3 Å². The van der Waals surface area contributed by atoms with Crippen molar-refractivity contribution < 1.29 is 9.53 Å². The summed E-state index contributed by atoms with van der Waals surface area (Å²) in [5.41, 5.74) is 8.88. The lowest BCUT2D eigenvalue weighted by atomic mass is 9.47. The second-order valence-electron chi connectivity index (χ2n) is 9.95. The van der Waals surface area contributed by atoms with Gasteiger partial charge in [-0.2, -0.15) is 0 Å². The van der Waals surface area contributed by atoms with E-state index >= 15 is 0 Å². The number of hydrogen-bond acceptors (Lipinski definition) is 3. The van der Waals surface area contributed by atoms with Gasteiger partial charge in [-0.15, -0.1) is 0 Å². The Hall–Kier alpha value is -0.830. The van der Waals surface area contributed by atoms with Crippen molar-refractivity contribution in [2.24, 2.45) is 34.3 Å². The monoisotopic (exact) mass is 343 g/mol. The molecule has 0 saturated heterocycles. The van der Waals surface area contributed by atoms with E-state index in [-0.39, 0.29) is 11.2 Å². The van der Waals surface area contributed by atoms with Gasteiger partial charge in [0.15, 0.2) is 5.78 Å². The molecule has 138 valence electrons. The SMILES string of the molecule is C[C@]12CCC(=O)C(N)=C1CC[C@H]1[C@@H]3CCC[C@@]3(COC3CC3)CC[C@@H]12. The van der Waals surface area contributed by atoms with Crippen molar-refractivity contribution in [1.29, 1.82) is 0 Å². The molecule has 3 heteroatoms. The van der Waals surface area contributed by atoms with Gasteiger partial charge < -0.3 is 10.5 Å². The smallest absolute Gasteiger partial charge is 0.178 e. The second kappa shape index (κ2) is 5.58. The minimum absolute atomic E-state index is 0.188. The maximum Gasteiger partial charge on any atom is 0.178 e. The highest BCUT2D eigenvalue weighted by Crippen LogP contribution is 2.65. The van der Waals surface area contributed by atoms with Crippen LogP contribution in [0.15, 0.2) is 11.3 Å². The van der Waals surface area contributed by atoms with Crippen LogP contribution in [0.1, 0.15) is 77.6 Å². The van der Waals surface area contributed by atoms with Gasteiger partial charge in [0.25, 0.3) is 0 Å². The lowest BCUT2D eigenvalue weighted by Crippen LogP contribution is -2.52. The minimum atomic E-state index is 0.188. The largest absolute Gasteiger partial charge is 0.396 e. The third kappa shape index (κ3) is 2.37. The first-order valence-corrected chi connectivity index (χ1v) is 10.7. The van der Waals surface area contributed by atoms with Crippen LogP contribution in [0, 0.1) is 28.6 Å². The molecule has 0 spiro atoms. The molecule has 0 unspecified atom stereocenters.